The number of likely N-dealkylation sites (N-methyl/N-ethyl adjacent to an activating group) is 1. The minimum atomic E-state index is 0.00443. The van der Waals surface area contributed by atoms with Crippen molar-refractivity contribution in [1.29, 1.82) is 0 Å². The summed E-state index contributed by atoms with van der Waals surface area (Å²) in [6.07, 6.45) is 7.42. The molecule has 1 aromatic heterocycles. The summed E-state index contributed by atoms with van der Waals surface area (Å²) in [5, 5.41) is 3.61. The quantitative estimate of drug-likeness (QED) is 0.919. The normalized spacial score (nSPS) is 29.0. The van der Waals surface area contributed by atoms with Crippen LogP contribution in [0.3, 0.4) is 0 Å². The van der Waals surface area contributed by atoms with Crippen molar-refractivity contribution in [2.75, 3.05) is 7.05 Å². The fourth-order valence-corrected chi connectivity index (χ4v) is 4.85. The Morgan fingerprint density at radius 1 is 1.33 bits per heavy atom. The first kappa shape index (κ1) is 15.3. The molecule has 3 rings (SSSR count). The van der Waals surface area contributed by atoms with Gasteiger partial charge in [0, 0.05) is 18.0 Å². The molecule has 1 saturated carbocycles. The smallest absolute Gasteiger partial charge is 0.239 e. The summed E-state index contributed by atoms with van der Waals surface area (Å²) in [5.74, 6) is 1.02. The van der Waals surface area contributed by atoms with E-state index in [1.54, 1.807) is 11.3 Å². The number of fused-ring (bicyclic) bond motifs is 1. The lowest BCUT2D eigenvalue weighted by molar-refractivity contribution is -0.134. The van der Waals surface area contributed by atoms with Crippen LogP contribution in [0.25, 0.3) is 0 Å². The predicted octanol–water partition coefficient (Wildman–Crippen LogP) is 3.67. The van der Waals surface area contributed by atoms with Crippen LogP contribution in [0.2, 0.25) is 4.34 Å². The van der Waals surface area contributed by atoms with Gasteiger partial charge in [0.25, 0.3) is 0 Å². The molecular weight excluding hydrogens is 304 g/mol. The highest BCUT2D eigenvalue weighted by Gasteiger charge is 2.35. The molecular formula is C16H23ClN2OS. The number of thiophene rings is 1. The van der Waals surface area contributed by atoms with Gasteiger partial charge in [0.05, 0.1) is 16.9 Å². The van der Waals surface area contributed by atoms with Crippen LogP contribution in [-0.4, -0.2) is 29.9 Å². The van der Waals surface area contributed by atoms with Crippen LogP contribution in [0.1, 0.15) is 43.4 Å². The number of amides is 1. The molecule has 2 heterocycles. The third kappa shape index (κ3) is 3.61. The number of hydrogen-bond donors (Lipinski definition) is 1. The summed E-state index contributed by atoms with van der Waals surface area (Å²) in [6.45, 7) is 0.655. The molecule has 0 aromatic carbocycles. The molecule has 1 aliphatic carbocycles. The van der Waals surface area contributed by atoms with Crippen LogP contribution in [0.15, 0.2) is 12.1 Å². The van der Waals surface area contributed by atoms with Gasteiger partial charge in [0.2, 0.25) is 5.91 Å². The standard InChI is InChI=1S/C16H23ClN2OS/c1-19(10-12-7-9-15(17)21-12)16(20)14-8-6-11-4-2-3-5-13(11)18-14/h7,9,11,13-14,18H,2-6,8,10H2,1H3. The van der Waals surface area contributed by atoms with Gasteiger partial charge in [0.1, 0.15) is 0 Å². The highest BCUT2D eigenvalue weighted by molar-refractivity contribution is 7.16. The van der Waals surface area contributed by atoms with E-state index < -0.39 is 0 Å². The molecule has 1 saturated heterocycles. The van der Waals surface area contributed by atoms with Crippen molar-refractivity contribution in [2.24, 2.45) is 5.92 Å². The van der Waals surface area contributed by atoms with Gasteiger partial charge in [-0.25, -0.2) is 0 Å². The summed E-state index contributed by atoms with van der Waals surface area (Å²) in [4.78, 5) is 15.6. The number of carbonyl (C=O) groups is 1. The van der Waals surface area contributed by atoms with Crippen LogP contribution >= 0.6 is 22.9 Å². The van der Waals surface area contributed by atoms with Gasteiger partial charge in [-0.3, -0.25) is 4.79 Å². The number of nitrogens with one attached hydrogen (secondary N) is 1. The average Bonchev–Trinajstić information content (AvgIpc) is 2.91. The summed E-state index contributed by atoms with van der Waals surface area (Å²) in [5.41, 5.74) is 0. The van der Waals surface area contributed by atoms with E-state index in [2.05, 4.69) is 5.32 Å². The van der Waals surface area contributed by atoms with Crippen LogP contribution in [0.4, 0.5) is 0 Å². The maximum atomic E-state index is 12.6. The van der Waals surface area contributed by atoms with Crippen molar-refractivity contribution in [2.45, 2.75) is 57.2 Å². The lowest BCUT2D eigenvalue weighted by Gasteiger charge is -2.40. The minimum absolute atomic E-state index is 0.00443. The van der Waals surface area contributed by atoms with Crippen LogP contribution < -0.4 is 5.32 Å². The fourth-order valence-electron chi connectivity index (χ4n) is 3.70. The molecule has 1 amide bonds. The third-order valence-corrected chi connectivity index (χ3v) is 6.06. The molecule has 0 radical (unpaired) electrons. The second kappa shape index (κ2) is 6.67. The van der Waals surface area contributed by atoms with Crippen LogP contribution in [0, 0.1) is 5.92 Å². The predicted molar refractivity (Wildman–Crippen MR) is 87.7 cm³/mol. The van der Waals surface area contributed by atoms with E-state index in [9.17, 15) is 4.79 Å². The molecule has 3 nitrogen and oxygen atoms in total. The first-order chi connectivity index (χ1) is 10.1. The Labute approximate surface area is 135 Å². The topological polar surface area (TPSA) is 32.3 Å². The zero-order valence-corrected chi connectivity index (χ0v) is 14.1. The van der Waals surface area contributed by atoms with Gasteiger partial charge < -0.3 is 10.2 Å². The Kier molecular flexibility index (Phi) is 4.87. The maximum absolute atomic E-state index is 12.6. The summed E-state index contributed by atoms with van der Waals surface area (Å²) in [6, 6.07) is 4.46. The SMILES string of the molecule is CN(Cc1ccc(Cl)s1)C(=O)C1CCC2CCCCC2N1. The van der Waals surface area contributed by atoms with Crippen LogP contribution in [-0.2, 0) is 11.3 Å². The number of carbonyl (C=O) groups excluding carboxylic acids is 1. The number of piperidine rings is 1. The Bertz CT molecular complexity index is 504. The number of nitrogens with zero attached hydrogens (tertiary/aromatic N) is 1. The number of halogens is 1. The van der Waals surface area contributed by atoms with Crippen molar-refractivity contribution in [3.05, 3.63) is 21.3 Å². The first-order valence-electron chi connectivity index (χ1n) is 7.88. The molecule has 2 fully saturated rings. The van der Waals surface area contributed by atoms with E-state index in [1.165, 1.54) is 32.1 Å². The number of hydrogen-bond acceptors (Lipinski definition) is 3. The molecule has 116 valence electrons. The lowest BCUT2D eigenvalue weighted by atomic mass is 9.77. The monoisotopic (exact) mass is 326 g/mol. The zero-order valence-electron chi connectivity index (χ0n) is 12.5. The molecule has 1 aromatic rings. The summed E-state index contributed by atoms with van der Waals surface area (Å²) < 4.78 is 0.784. The maximum Gasteiger partial charge on any atom is 0.239 e. The van der Waals surface area contributed by atoms with Gasteiger partial charge in [-0.05, 0) is 43.7 Å². The first-order valence-corrected chi connectivity index (χ1v) is 9.08. The Morgan fingerprint density at radius 2 is 2.14 bits per heavy atom. The van der Waals surface area contributed by atoms with Crippen molar-refractivity contribution in [3.8, 4) is 0 Å². The van der Waals surface area contributed by atoms with Gasteiger partial charge in [-0.1, -0.05) is 24.4 Å². The molecule has 0 spiro atoms. The number of rotatable bonds is 3. The molecule has 0 bridgehead atoms. The van der Waals surface area contributed by atoms with Crippen molar-refractivity contribution >= 4 is 28.8 Å². The van der Waals surface area contributed by atoms with Crippen molar-refractivity contribution in [1.82, 2.24) is 10.2 Å². The lowest BCUT2D eigenvalue weighted by Crippen LogP contribution is -2.55. The molecule has 5 heteroatoms. The van der Waals surface area contributed by atoms with E-state index in [0.29, 0.717) is 12.6 Å². The third-order valence-electron chi connectivity index (χ3n) is 4.85. The Morgan fingerprint density at radius 3 is 2.90 bits per heavy atom. The van der Waals surface area contributed by atoms with Crippen molar-refractivity contribution in [3.63, 3.8) is 0 Å². The zero-order chi connectivity index (χ0) is 14.8. The van der Waals surface area contributed by atoms with Gasteiger partial charge >= 0.3 is 0 Å². The largest absolute Gasteiger partial charge is 0.339 e. The molecule has 1 aliphatic heterocycles. The second-order valence-electron chi connectivity index (χ2n) is 6.35. The van der Waals surface area contributed by atoms with E-state index in [1.807, 2.05) is 24.1 Å². The summed E-state index contributed by atoms with van der Waals surface area (Å²) >= 11 is 7.50. The molecule has 3 unspecified atom stereocenters. The van der Waals surface area contributed by atoms with E-state index in [-0.39, 0.29) is 11.9 Å². The highest BCUT2D eigenvalue weighted by Crippen LogP contribution is 2.32. The molecule has 21 heavy (non-hydrogen) atoms. The molecule has 2 aliphatic rings. The van der Waals surface area contributed by atoms with E-state index in [4.69, 9.17) is 11.6 Å². The van der Waals surface area contributed by atoms with Crippen LogP contribution in [0.5, 0.6) is 0 Å². The van der Waals surface area contributed by atoms with E-state index >= 15 is 0 Å². The second-order valence-corrected chi connectivity index (χ2v) is 8.15. The molecule has 3 atom stereocenters. The Hall–Kier alpha value is -0.580. The summed E-state index contributed by atoms with van der Waals surface area (Å²) in [7, 11) is 1.89. The fraction of sp³-hybridized carbons (Fsp3) is 0.688. The van der Waals surface area contributed by atoms with Crippen molar-refractivity contribution < 1.29 is 4.79 Å². The average molecular weight is 327 g/mol. The van der Waals surface area contributed by atoms with Gasteiger partial charge in [-0.15, -0.1) is 11.3 Å². The minimum Gasteiger partial charge on any atom is -0.339 e. The van der Waals surface area contributed by atoms with Gasteiger partial charge in [-0.2, -0.15) is 0 Å². The van der Waals surface area contributed by atoms with E-state index in [0.717, 1.165) is 21.6 Å². The highest BCUT2D eigenvalue weighted by atomic mass is 35.5. The molecule has 1 N–H and O–H groups in total. The Balaban J connectivity index is 1.57. The van der Waals surface area contributed by atoms with Gasteiger partial charge in [0.15, 0.2) is 0 Å².